The van der Waals surface area contributed by atoms with Crippen molar-refractivity contribution in [2.75, 3.05) is 11.9 Å². The third-order valence-electron chi connectivity index (χ3n) is 4.63. The first-order valence-electron chi connectivity index (χ1n) is 7.45. The Hall–Kier alpha value is -1.81. The fraction of sp³-hybridized carbons (Fsp3) is 0.353. The Morgan fingerprint density at radius 1 is 1.33 bits per heavy atom. The molecular weight excluding hydrogens is 280 g/mol. The van der Waals surface area contributed by atoms with Crippen LogP contribution in [0.3, 0.4) is 0 Å². The number of hydrogen-bond donors (Lipinski definition) is 1. The van der Waals surface area contributed by atoms with Crippen LogP contribution in [0.15, 0.2) is 35.7 Å². The van der Waals surface area contributed by atoms with Crippen LogP contribution in [0, 0.1) is 0 Å². The van der Waals surface area contributed by atoms with E-state index in [1.54, 1.807) is 0 Å². The van der Waals surface area contributed by atoms with Gasteiger partial charge in [0.05, 0.1) is 6.04 Å². The Labute approximate surface area is 128 Å². The van der Waals surface area contributed by atoms with Crippen molar-refractivity contribution in [1.82, 2.24) is 4.90 Å². The van der Waals surface area contributed by atoms with Crippen molar-refractivity contribution < 1.29 is 4.79 Å². The van der Waals surface area contributed by atoms with Crippen LogP contribution in [-0.2, 0) is 17.6 Å². The number of nitrogens with zero attached hydrogens (tertiary/aromatic N) is 1. The maximum absolute atomic E-state index is 12.9. The van der Waals surface area contributed by atoms with Crippen molar-refractivity contribution >= 4 is 22.9 Å². The molecule has 2 aromatic rings. The van der Waals surface area contributed by atoms with Crippen LogP contribution >= 0.6 is 11.3 Å². The summed E-state index contributed by atoms with van der Waals surface area (Å²) in [5.41, 5.74) is 3.68. The molecular formula is C17H18N2OS. The number of nitrogens with one attached hydrogen (secondary N) is 1. The van der Waals surface area contributed by atoms with Gasteiger partial charge in [0.2, 0.25) is 5.91 Å². The summed E-state index contributed by atoms with van der Waals surface area (Å²) in [5.74, 6) is 0.232. The monoisotopic (exact) mass is 298 g/mol. The average molecular weight is 298 g/mol. The number of amides is 1. The molecule has 2 aliphatic heterocycles. The van der Waals surface area contributed by atoms with Crippen molar-refractivity contribution in [2.45, 2.75) is 31.8 Å². The predicted molar refractivity (Wildman–Crippen MR) is 85.7 cm³/mol. The first kappa shape index (κ1) is 12.9. The van der Waals surface area contributed by atoms with Gasteiger partial charge in [0.1, 0.15) is 6.04 Å². The zero-order valence-corrected chi connectivity index (χ0v) is 12.8. The Morgan fingerprint density at radius 3 is 3.05 bits per heavy atom. The van der Waals surface area contributed by atoms with Gasteiger partial charge < -0.3 is 10.2 Å². The van der Waals surface area contributed by atoms with Crippen molar-refractivity contribution in [2.24, 2.45) is 0 Å². The van der Waals surface area contributed by atoms with Crippen LogP contribution in [-0.4, -0.2) is 23.4 Å². The van der Waals surface area contributed by atoms with Gasteiger partial charge in [-0.2, -0.15) is 0 Å². The standard InChI is InChI=1S/C17H18N2OS/c1-11-13-7-9-21-16(13)6-8-19(11)17(20)15-10-12-4-2-3-5-14(12)18-15/h2-5,7,9,11,15,18H,6,8,10H2,1H3/t11?,15-/m0/s1. The third kappa shape index (κ3) is 2.05. The molecule has 0 radical (unpaired) electrons. The smallest absolute Gasteiger partial charge is 0.245 e. The molecule has 3 nitrogen and oxygen atoms in total. The van der Waals surface area contributed by atoms with E-state index in [1.807, 2.05) is 28.4 Å². The summed E-state index contributed by atoms with van der Waals surface area (Å²) in [6, 6.07) is 10.5. The second-order valence-electron chi connectivity index (χ2n) is 5.81. The molecule has 2 aliphatic rings. The van der Waals surface area contributed by atoms with Gasteiger partial charge in [0, 0.05) is 23.5 Å². The lowest BCUT2D eigenvalue weighted by Gasteiger charge is -2.35. The topological polar surface area (TPSA) is 32.3 Å². The van der Waals surface area contributed by atoms with Crippen molar-refractivity contribution in [3.05, 3.63) is 51.7 Å². The maximum atomic E-state index is 12.9. The van der Waals surface area contributed by atoms with E-state index in [2.05, 4.69) is 35.8 Å². The molecule has 0 fully saturated rings. The van der Waals surface area contributed by atoms with Gasteiger partial charge >= 0.3 is 0 Å². The van der Waals surface area contributed by atoms with Crippen LogP contribution < -0.4 is 5.32 Å². The number of carbonyl (C=O) groups excluding carboxylic acids is 1. The van der Waals surface area contributed by atoms with E-state index < -0.39 is 0 Å². The first-order valence-corrected chi connectivity index (χ1v) is 8.33. The molecule has 0 bridgehead atoms. The Kier molecular flexibility index (Phi) is 3.00. The van der Waals surface area contributed by atoms with E-state index in [1.165, 1.54) is 16.0 Å². The molecule has 1 aromatic carbocycles. The van der Waals surface area contributed by atoms with Crippen LogP contribution in [0.1, 0.15) is 29.0 Å². The maximum Gasteiger partial charge on any atom is 0.245 e. The highest BCUT2D eigenvalue weighted by Gasteiger charge is 2.35. The molecule has 1 N–H and O–H groups in total. The molecule has 0 saturated carbocycles. The number of anilines is 1. The van der Waals surface area contributed by atoms with Gasteiger partial charge in [0.25, 0.3) is 0 Å². The fourth-order valence-corrected chi connectivity index (χ4v) is 4.42. The summed E-state index contributed by atoms with van der Waals surface area (Å²) in [6.45, 7) is 2.98. The van der Waals surface area contributed by atoms with E-state index in [-0.39, 0.29) is 18.0 Å². The minimum atomic E-state index is -0.106. The molecule has 0 aliphatic carbocycles. The van der Waals surface area contributed by atoms with E-state index in [4.69, 9.17) is 0 Å². The molecule has 21 heavy (non-hydrogen) atoms. The van der Waals surface area contributed by atoms with Crippen LogP contribution in [0.25, 0.3) is 0 Å². The largest absolute Gasteiger partial charge is 0.373 e. The molecule has 3 heterocycles. The number of carbonyl (C=O) groups is 1. The van der Waals surface area contributed by atoms with Crippen molar-refractivity contribution in [1.29, 1.82) is 0 Å². The van der Waals surface area contributed by atoms with Crippen molar-refractivity contribution in [3.8, 4) is 0 Å². The molecule has 108 valence electrons. The molecule has 1 unspecified atom stereocenters. The van der Waals surface area contributed by atoms with Gasteiger partial charge in [0.15, 0.2) is 0 Å². The number of para-hydroxylation sites is 1. The zero-order chi connectivity index (χ0) is 14.4. The van der Waals surface area contributed by atoms with Gasteiger partial charge in [-0.05, 0) is 42.0 Å². The number of rotatable bonds is 1. The molecule has 0 saturated heterocycles. The average Bonchev–Trinajstić information content (AvgIpc) is 3.13. The highest BCUT2D eigenvalue weighted by molar-refractivity contribution is 7.10. The lowest BCUT2D eigenvalue weighted by Crippen LogP contribution is -2.46. The highest BCUT2D eigenvalue weighted by Crippen LogP contribution is 2.34. The SMILES string of the molecule is CC1c2ccsc2CCN1C(=O)[C@@H]1Cc2ccccc2N1. The lowest BCUT2D eigenvalue weighted by atomic mass is 10.00. The number of benzene rings is 1. The summed E-state index contributed by atoms with van der Waals surface area (Å²) in [4.78, 5) is 16.4. The highest BCUT2D eigenvalue weighted by atomic mass is 32.1. The third-order valence-corrected chi connectivity index (χ3v) is 5.63. The number of fused-ring (bicyclic) bond motifs is 2. The predicted octanol–water partition coefficient (Wildman–Crippen LogP) is 3.23. The van der Waals surface area contributed by atoms with E-state index >= 15 is 0 Å². The minimum absolute atomic E-state index is 0.106. The van der Waals surface area contributed by atoms with Gasteiger partial charge in [-0.3, -0.25) is 4.79 Å². The second kappa shape index (κ2) is 4.88. The van der Waals surface area contributed by atoms with E-state index in [0.29, 0.717) is 0 Å². The fourth-order valence-electron chi connectivity index (χ4n) is 3.46. The van der Waals surface area contributed by atoms with Crippen molar-refractivity contribution in [3.63, 3.8) is 0 Å². The molecule has 2 atom stereocenters. The lowest BCUT2D eigenvalue weighted by molar-refractivity contribution is -0.134. The quantitative estimate of drug-likeness (QED) is 0.876. The van der Waals surface area contributed by atoms with E-state index in [0.717, 1.165) is 25.1 Å². The zero-order valence-electron chi connectivity index (χ0n) is 12.0. The number of hydrogen-bond acceptors (Lipinski definition) is 3. The van der Waals surface area contributed by atoms with Crippen LogP contribution in [0.4, 0.5) is 5.69 Å². The molecule has 4 heteroatoms. The minimum Gasteiger partial charge on any atom is -0.373 e. The summed E-state index contributed by atoms with van der Waals surface area (Å²) >= 11 is 1.81. The summed E-state index contributed by atoms with van der Waals surface area (Å²) in [6.07, 6.45) is 1.79. The molecule has 4 rings (SSSR count). The number of thiophene rings is 1. The molecule has 0 spiro atoms. The van der Waals surface area contributed by atoms with Crippen LogP contribution in [0.5, 0.6) is 0 Å². The van der Waals surface area contributed by atoms with Crippen LogP contribution in [0.2, 0.25) is 0 Å². The molecule has 1 amide bonds. The van der Waals surface area contributed by atoms with Gasteiger partial charge in [-0.1, -0.05) is 18.2 Å². The summed E-state index contributed by atoms with van der Waals surface area (Å²) < 4.78 is 0. The normalized spacial score (nSPS) is 23.4. The first-order chi connectivity index (χ1) is 10.2. The molecule has 1 aromatic heterocycles. The Balaban J connectivity index is 1.55. The van der Waals surface area contributed by atoms with Gasteiger partial charge in [-0.25, -0.2) is 0 Å². The second-order valence-corrected chi connectivity index (χ2v) is 6.82. The Morgan fingerprint density at radius 2 is 2.19 bits per heavy atom. The Bertz CT molecular complexity index is 669. The van der Waals surface area contributed by atoms with Gasteiger partial charge in [-0.15, -0.1) is 11.3 Å². The summed E-state index contributed by atoms with van der Waals surface area (Å²) in [5, 5.41) is 5.52. The van der Waals surface area contributed by atoms with E-state index in [9.17, 15) is 4.79 Å². The summed E-state index contributed by atoms with van der Waals surface area (Å²) in [7, 11) is 0.